The molecule has 1 fully saturated rings. The van der Waals surface area contributed by atoms with Crippen molar-refractivity contribution in [3.8, 4) is 21.8 Å². The average Bonchev–Trinajstić information content (AvgIpc) is 3.62. The van der Waals surface area contributed by atoms with E-state index in [2.05, 4.69) is 55.4 Å². The number of ether oxygens (including phenoxy) is 1. The first kappa shape index (κ1) is 18.7. The Hall–Kier alpha value is -3.82. The summed E-state index contributed by atoms with van der Waals surface area (Å²) in [6, 6.07) is 10.7. The van der Waals surface area contributed by atoms with Crippen molar-refractivity contribution in [2.75, 3.05) is 31.2 Å². The number of aromatic nitrogens is 6. The molecule has 1 saturated heterocycles. The molecule has 9 heteroatoms. The average molecular weight is 454 g/mol. The zero-order valence-corrected chi connectivity index (χ0v) is 18.4. The van der Waals surface area contributed by atoms with Crippen LogP contribution in [0.15, 0.2) is 55.1 Å². The van der Waals surface area contributed by atoms with Gasteiger partial charge in [-0.25, -0.2) is 9.97 Å². The summed E-state index contributed by atoms with van der Waals surface area (Å²) < 4.78 is 6.69. The summed E-state index contributed by atoms with van der Waals surface area (Å²) in [7, 11) is 0. The van der Waals surface area contributed by atoms with E-state index in [9.17, 15) is 0 Å². The first-order chi connectivity index (χ1) is 16.3. The number of hydrogen-bond donors (Lipinski definition) is 2. The number of rotatable bonds is 3. The third kappa shape index (κ3) is 3.00. The first-order valence-electron chi connectivity index (χ1n) is 10.8. The second-order valence-electron chi connectivity index (χ2n) is 8.06. The van der Waals surface area contributed by atoms with Gasteiger partial charge in [-0.3, -0.25) is 10.1 Å². The number of pyridine rings is 1. The van der Waals surface area contributed by atoms with Crippen LogP contribution in [-0.2, 0) is 4.74 Å². The quantitative estimate of drug-likeness (QED) is 0.406. The standard InChI is InChI=1S/C24H19N7OS/c1-2-15(14-4-5-26-18(14)3-1)21-10-19-22(33-21)24(31-6-8-32-9-7-31)29-23(28-19)17-11-25-13-20-16(17)12-27-30-20/h1-5,10-13,26H,6-9H2,(H,27,30). The molecule has 0 radical (unpaired) electrons. The fraction of sp³-hybridized carbons (Fsp3) is 0.167. The van der Waals surface area contributed by atoms with Crippen LogP contribution in [0.3, 0.4) is 0 Å². The van der Waals surface area contributed by atoms with Crippen molar-refractivity contribution in [3.63, 3.8) is 0 Å². The van der Waals surface area contributed by atoms with Crippen molar-refractivity contribution < 1.29 is 4.74 Å². The van der Waals surface area contributed by atoms with E-state index < -0.39 is 0 Å². The van der Waals surface area contributed by atoms with Gasteiger partial charge in [0.05, 0.1) is 41.3 Å². The third-order valence-corrected chi connectivity index (χ3v) is 7.29. The number of H-pyrrole nitrogens is 2. The van der Waals surface area contributed by atoms with Crippen LogP contribution in [0.5, 0.6) is 0 Å². The van der Waals surface area contributed by atoms with Gasteiger partial charge in [-0.15, -0.1) is 11.3 Å². The Kier molecular flexibility index (Phi) is 4.18. The number of aromatic amines is 2. The van der Waals surface area contributed by atoms with Crippen LogP contribution in [0.4, 0.5) is 5.82 Å². The molecular weight excluding hydrogens is 434 g/mol. The van der Waals surface area contributed by atoms with E-state index in [4.69, 9.17) is 14.7 Å². The molecule has 162 valence electrons. The second-order valence-corrected chi connectivity index (χ2v) is 9.11. The lowest BCUT2D eigenvalue weighted by atomic mass is 10.1. The molecule has 5 aromatic heterocycles. The van der Waals surface area contributed by atoms with Gasteiger partial charge in [-0.05, 0) is 18.2 Å². The molecule has 6 heterocycles. The van der Waals surface area contributed by atoms with Gasteiger partial charge in [-0.2, -0.15) is 5.10 Å². The zero-order valence-electron chi connectivity index (χ0n) is 17.6. The van der Waals surface area contributed by atoms with E-state index >= 15 is 0 Å². The normalized spacial score (nSPS) is 14.6. The summed E-state index contributed by atoms with van der Waals surface area (Å²) in [5, 5.41) is 9.34. The van der Waals surface area contributed by atoms with Crippen LogP contribution in [0.1, 0.15) is 0 Å². The molecular formula is C24H19N7OS. The van der Waals surface area contributed by atoms with E-state index in [-0.39, 0.29) is 0 Å². The van der Waals surface area contributed by atoms with E-state index in [1.807, 2.05) is 12.4 Å². The number of nitrogens with zero attached hydrogens (tertiary/aromatic N) is 5. The predicted octanol–water partition coefficient (Wildman–Crippen LogP) is 4.61. The van der Waals surface area contributed by atoms with Crippen LogP contribution in [0.2, 0.25) is 0 Å². The van der Waals surface area contributed by atoms with Gasteiger partial charge >= 0.3 is 0 Å². The lowest BCUT2D eigenvalue weighted by Gasteiger charge is -2.28. The number of morpholine rings is 1. The van der Waals surface area contributed by atoms with Gasteiger partial charge in [0.15, 0.2) is 11.6 Å². The van der Waals surface area contributed by atoms with Crippen LogP contribution >= 0.6 is 11.3 Å². The van der Waals surface area contributed by atoms with Gasteiger partial charge in [0, 0.05) is 57.8 Å². The highest BCUT2D eigenvalue weighted by molar-refractivity contribution is 7.22. The molecule has 2 N–H and O–H groups in total. The molecule has 0 saturated carbocycles. The molecule has 6 aromatic rings. The smallest absolute Gasteiger partial charge is 0.164 e. The minimum atomic E-state index is 0.660. The summed E-state index contributed by atoms with van der Waals surface area (Å²) in [5.41, 5.74) is 5.01. The fourth-order valence-corrected chi connectivity index (χ4v) is 5.65. The Morgan fingerprint density at radius 2 is 1.88 bits per heavy atom. The van der Waals surface area contributed by atoms with Gasteiger partial charge in [0.1, 0.15) is 0 Å². The fourth-order valence-electron chi connectivity index (χ4n) is 4.50. The molecule has 1 aliphatic rings. The Morgan fingerprint density at radius 3 is 2.82 bits per heavy atom. The van der Waals surface area contributed by atoms with Crippen LogP contribution < -0.4 is 4.90 Å². The minimum absolute atomic E-state index is 0.660. The molecule has 33 heavy (non-hydrogen) atoms. The molecule has 0 atom stereocenters. The molecule has 0 spiro atoms. The van der Waals surface area contributed by atoms with E-state index in [0.29, 0.717) is 19.0 Å². The third-order valence-electron chi connectivity index (χ3n) is 6.13. The number of fused-ring (bicyclic) bond motifs is 3. The summed E-state index contributed by atoms with van der Waals surface area (Å²) in [6.45, 7) is 3.00. The van der Waals surface area contributed by atoms with Crippen molar-refractivity contribution in [3.05, 3.63) is 55.1 Å². The number of benzene rings is 1. The Balaban J connectivity index is 1.47. The van der Waals surface area contributed by atoms with Crippen LogP contribution in [0.25, 0.3) is 53.9 Å². The second kappa shape index (κ2) is 7.36. The van der Waals surface area contributed by atoms with E-state index in [1.54, 1.807) is 23.7 Å². The Morgan fingerprint density at radius 1 is 0.939 bits per heavy atom. The molecule has 0 amide bonds. The molecule has 1 aromatic carbocycles. The maximum absolute atomic E-state index is 5.60. The minimum Gasteiger partial charge on any atom is -0.378 e. The topological polar surface area (TPSA) is 95.6 Å². The van der Waals surface area contributed by atoms with Gasteiger partial charge < -0.3 is 14.6 Å². The molecule has 0 aliphatic carbocycles. The highest BCUT2D eigenvalue weighted by atomic mass is 32.1. The van der Waals surface area contributed by atoms with Gasteiger partial charge in [0.25, 0.3) is 0 Å². The molecule has 8 nitrogen and oxygen atoms in total. The summed E-state index contributed by atoms with van der Waals surface area (Å²) in [6.07, 6.45) is 7.38. The summed E-state index contributed by atoms with van der Waals surface area (Å²) in [5.74, 6) is 1.61. The van der Waals surface area contributed by atoms with Gasteiger partial charge in [-0.1, -0.05) is 12.1 Å². The maximum Gasteiger partial charge on any atom is 0.164 e. The van der Waals surface area contributed by atoms with Crippen molar-refractivity contribution in [1.29, 1.82) is 0 Å². The number of thiophene rings is 1. The first-order valence-corrected chi connectivity index (χ1v) is 11.6. The molecule has 1 aliphatic heterocycles. The number of anilines is 1. The van der Waals surface area contributed by atoms with Crippen LogP contribution in [0, 0.1) is 0 Å². The van der Waals surface area contributed by atoms with E-state index in [1.165, 1.54) is 15.8 Å². The molecule has 0 bridgehead atoms. The number of nitrogens with one attached hydrogen (secondary N) is 2. The molecule has 0 unspecified atom stereocenters. The van der Waals surface area contributed by atoms with Gasteiger partial charge in [0.2, 0.25) is 0 Å². The summed E-state index contributed by atoms with van der Waals surface area (Å²) >= 11 is 1.74. The molecule has 7 rings (SSSR count). The predicted molar refractivity (Wildman–Crippen MR) is 131 cm³/mol. The largest absolute Gasteiger partial charge is 0.378 e. The van der Waals surface area contributed by atoms with Crippen molar-refractivity contribution in [2.45, 2.75) is 0 Å². The van der Waals surface area contributed by atoms with E-state index in [0.717, 1.165) is 51.1 Å². The lowest BCUT2D eigenvalue weighted by Crippen LogP contribution is -2.36. The zero-order chi connectivity index (χ0) is 21.8. The highest BCUT2D eigenvalue weighted by Crippen LogP contribution is 2.41. The monoisotopic (exact) mass is 453 g/mol. The Bertz CT molecular complexity index is 1630. The lowest BCUT2D eigenvalue weighted by molar-refractivity contribution is 0.122. The van der Waals surface area contributed by atoms with Crippen LogP contribution in [-0.4, -0.2) is 56.4 Å². The Labute approximate surface area is 192 Å². The maximum atomic E-state index is 5.60. The SMILES string of the molecule is c1cc(-c2cc3nc(-c4cncc5[nH]ncc45)nc(N4CCOCC4)c3s2)c2cc[nH]c2c1. The summed E-state index contributed by atoms with van der Waals surface area (Å²) in [4.78, 5) is 21.2. The van der Waals surface area contributed by atoms with Crippen molar-refractivity contribution in [1.82, 2.24) is 30.1 Å². The number of hydrogen-bond acceptors (Lipinski definition) is 7. The van der Waals surface area contributed by atoms with Crippen molar-refractivity contribution >= 4 is 49.2 Å². The van der Waals surface area contributed by atoms with Crippen molar-refractivity contribution in [2.24, 2.45) is 0 Å². The highest BCUT2D eigenvalue weighted by Gasteiger charge is 2.22.